The Bertz CT molecular complexity index is 845. The van der Waals surface area contributed by atoms with Gasteiger partial charge < -0.3 is 5.73 Å². The van der Waals surface area contributed by atoms with Crippen molar-refractivity contribution in [2.24, 2.45) is 10.7 Å². The Morgan fingerprint density at radius 2 is 2.04 bits per heavy atom. The second-order valence-electron chi connectivity index (χ2n) is 5.66. The molecular formula is C19H17FN4. The number of pyridine rings is 1. The Hall–Kier alpha value is -3.00. The smallest absolute Gasteiger partial charge is 0.123 e. The van der Waals surface area contributed by atoms with Gasteiger partial charge in [0.15, 0.2) is 0 Å². The van der Waals surface area contributed by atoms with Crippen molar-refractivity contribution in [1.82, 2.24) is 4.98 Å². The van der Waals surface area contributed by atoms with Crippen LogP contribution >= 0.6 is 0 Å². The Labute approximate surface area is 140 Å². The number of aromatic nitrogens is 1. The minimum absolute atomic E-state index is 0.303. The third-order valence-electron chi connectivity index (χ3n) is 3.95. The fraction of sp³-hybridized carbons (Fsp3) is 0.211. The molecule has 1 aliphatic heterocycles. The minimum atomic E-state index is -0.303. The number of hydrogen-bond donors (Lipinski definition) is 1. The van der Waals surface area contributed by atoms with Crippen LogP contribution in [0.15, 0.2) is 47.6 Å². The highest BCUT2D eigenvalue weighted by molar-refractivity contribution is 6.01. The van der Waals surface area contributed by atoms with Crippen molar-refractivity contribution in [3.63, 3.8) is 0 Å². The molecule has 2 heterocycles. The molecule has 0 atom stereocenters. The van der Waals surface area contributed by atoms with E-state index in [1.807, 2.05) is 6.08 Å². The van der Waals surface area contributed by atoms with Gasteiger partial charge in [0.25, 0.3) is 0 Å². The van der Waals surface area contributed by atoms with Crippen molar-refractivity contribution in [3.05, 3.63) is 59.5 Å². The van der Waals surface area contributed by atoms with Crippen LogP contribution in [0.1, 0.15) is 30.4 Å². The van der Waals surface area contributed by atoms with Crippen LogP contribution < -0.4 is 5.73 Å². The van der Waals surface area contributed by atoms with Gasteiger partial charge in [-0.1, -0.05) is 0 Å². The van der Waals surface area contributed by atoms with E-state index in [-0.39, 0.29) is 5.82 Å². The van der Waals surface area contributed by atoms with Crippen LogP contribution in [0.3, 0.4) is 0 Å². The normalized spacial score (nSPS) is 14.8. The summed E-state index contributed by atoms with van der Waals surface area (Å²) in [5.41, 5.74) is 10.1. The Morgan fingerprint density at radius 1 is 1.25 bits per heavy atom. The zero-order chi connectivity index (χ0) is 16.9. The summed E-state index contributed by atoms with van der Waals surface area (Å²) >= 11 is 0. The molecule has 0 spiro atoms. The van der Waals surface area contributed by atoms with Gasteiger partial charge in [-0.15, -0.1) is 0 Å². The highest BCUT2D eigenvalue weighted by Gasteiger charge is 2.11. The van der Waals surface area contributed by atoms with E-state index in [2.05, 4.69) is 16.0 Å². The highest BCUT2D eigenvalue weighted by Crippen LogP contribution is 2.23. The fourth-order valence-electron chi connectivity index (χ4n) is 2.66. The Kier molecular flexibility index (Phi) is 4.66. The van der Waals surface area contributed by atoms with Crippen LogP contribution in [-0.4, -0.2) is 17.2 Å². The van der Waals surface area contributed by atoms with E-state index < -0.39 is 0 Å². The number of rotatable bonds is 3. The van der Waals surface area contributed by atoms with Gasteiger partial charge in [0.05, 0.1) is 11.3 Å². The van der Waals surface area contributed by atoms with Gasteiger partial charge in [-0.3, -0.25) is 9.98 Å². The third kappa shape index (κ3) is 3.49. The molecule has 120 valence electrons. The topological polar surface area (TPSA) is 75.1 Å². The summed E-state index contributed by atoms with van der Waals surface area (Å²) in [4.78, 5) is 8.74. The van der Waals surface area contributed by atoms with Gasteiger partial charge in [-0.05, 0) is 55.7 Å². The molecule has 4 nitrogen and oxygen atoms in total. The molecule has 0 unspecified atom stereocenters. The highest BCUT2D eigenvalue weighted by atomic mass is 19.1. The molecule has 0 bridgehead atoms. The van der Waals surface area contributed by atoms with E-state index >= 15 is 0 Å². The SMILES string of the molecule is N#Cc1cnc(-c2ccc(F)cc2)cc1/C(N)=C/C1=NCCCC1. The number of nitriles is 1. The zero-order valence-corrected chi connectivity index (χ0v) is 13.2. The van der Waals surface area contributed by atoms with E-state index in [1.54, 1.807) is 18.2 Å². The molecule has 24 heavy (non-hydrogen) atoms. The second-order valence-corrected chi connectivity index (χ2v) is 5.66. The van der Waals surface area contributed by atoms with Crippen LogP contribution in [0.2, 0.25) is 0 Å². The van der Waals surface area contributed by atoms with E-state index in [1.165, 1.54) is 18.3 Å². The van der Waals surface area contributed by atoms with Gasteiger partial charge in [-0.25, -0.2) is 4.39 Å². The van der Waals surface area contributed by atoms with Crippen LogP contribution in [0, 0.1) is 17.1 Å². The lowest BCUT2D eigenvalue weighted by Crippen LogP contribution is -2.08. The second kappa shape index (κ2) is 7.05. The molecule has 1 aliphatic rings. The molecule has 2 aromatic rings. The quantitative estimate of drug-likeness (QED) is 0.937. The Morgan fingerprint density at radius 3 is 2.71 bits per heavy atom. The number of nitrogens with zero attached hydrogens (tertiary/aromatic N) is 3. The summed E-state index contributed by atoms with van der Waals surface area (Å²) in [6, 6.07) is 9.95. The predicted octanol–water partition coefficient (Wildman–Crippen LogP) is 3.68. The maximum atomic E-state index is 13.1. The van der Waals surface area contributed by atoms with Crippen molar-refractivity contribution >= 4 is 11.4 Å². The summed E-state index contributed by atoms with van der Waals surface area (Å²) in [6.07, 6.45) is 6.44. The maximum absolute atomic E-state index is 13.1. The largest absolute Gasteiger partial charge is 0.398 e. The van der Waals surface area contributed by atoms with E-state index in [4.69, 9.17) is 5.73 Å². The average Bonchev–Trinajstić information content (AvgIpc) is 2.62. The maximum Gasteiger partial charge on any atom is 0.123 e. The summed E-state index contributed by atoms with van der Waals surface area (Å²) < 4.78 is 13.1. The van der Waals surface area contributed by atoms with Crippen molar-refractivity contribution in [2.45, 2.75) is 19.3 Å². The lowest BCUT2D eigenvalue weighted by atomic mass is 10.0. The summed E-state index contributed by atoms with van der Waals surface area (Å²) in [7, 11) is 0. The lowest BCUT2D eigenvalue weighted by Gasteiger charge is -2.11. The average molecular weight is 320 g/mol. The minimum Gasteiger partial charge on any atom is -0.398 e. The first-order chi connectivity index (χ1) is 11.7. The van der Waals surface area contributed by atoms with Crippen LogP contribution in [0.4, 0.5) is 4.39 Å². The number of benzene rings is 1. The van der Waals surface area contributed by atoms with Crippen molar-refractivity contribution in [1.29, 1.82) is 5.26 Å². The van der Waals surface area contributed by atoms with Gasteiger partial charge in [0.2, 0.25) is 0 Å². The summed E-state index contributed by atoms with van der Waals surface area (Å²) in [5, 5.41) is 9.32. The first kappa shape index (κ1) is 15.9. The number of halogens is 1. The fourth-order valence-corrected chi connectivity index (χ4v) is 2.66. The molecule has 1 aromatic heterocycles. The standard InChI is InChI=1S/C19H17FN4/c20-15-6-4-13(5-7-15)19-10-17(14(11-21)12-24-19)18(22)9-16-3-1-2-8-23-16/h4-7,9-10,12H,1-3,8,22H2/b18-9-. The van der Waals surface area contributed by atoms with Crippen LogP contribution in [0.25, 0.3) is 17.0 Å². The molecule has 0 saturated heterocycles. The number of nitrogens with two attached hydrogens (primary N) is 1. The summed E-state index contributed by atoms with van der Waals surface area (Å²) in [6.45, 7) is 0.821. The lowest BCUT2D eigenvalue weighted by molar-refractivity contribution is 0.628. The van der Waals surface area contributed by atoms with Gasteiger partial charge in [0, 0.05) is 35.3 Å². The number of aliphatic imine (C=N–C) groups is 1. The van der Waals surface area contributed by atoms with Gasteiger partial charge in [0.1, 0.15) is 11.9 Å². The molecule has 0 fully saturated rings. The van der Waals surface area contributed by atoms with E-state index in [0.717, 1.165) is 37.1 Å². The molecule has 2 N–H and O–H groups in total. The molecule has 0 amide bonds. The first-order valence-corrected chi connectivity index (χ1v) is 7.84. The molecule has 3 rings (SSSR count). The number of allylic oxidation sites excluding steroid dienone is 1. The first-order valence-electron chi connectivity index (χ1n) is 7.84. The number of hydrogen-bond acceptors (Lipinski definition) is 4. The molecule has 0 saturated carbocycles. The summed E-state index contributed by atoms with van der Waals surface area (Å²) in [5.74, 6) is -0.303. The van der Waals surface area contributed by atoms with Crippen molar-refractivity contribution in [3.8, 4) is 17.3 Å². The van der Waals surface area contributed by atoms with Crippen LogP contribution in [-0.2, 0) is 0 Å². The molecule has 5 heteroatoms. The van der Waals surface area contributed by atoms with E-state index in [0.29, 0.717) is 22.5 Å². The molecule has 0 aliphatic carbocycles. The van der Waals surface area contributed by atoms with Crippen molar-refractivity contribution in [2.75, 3.05) is 6.54 Å². The molecule has 1 aromatic carbocycles. The van der Waals surface area contributed by atoms with Crippen LogP contribution in [0.5, 0.6) is 0 Å². The zero-order valence-electron chi connectivity index (χ0n) is 13.2. The van der Waals surface area contributed by atoms with Gasteiger partial charge >= 0.3 is 0 Å². The molecule has 0 radical (unpaired) electrons. The van der Waals surface area contributed by atoms with Crippen molar-refractivity contribution < 1.29 is 4.39 Å². The predicted molar refractivity (Wildman–Crippen MR) is 92.7 cm³/mol. The molecular weight excluding hydrogens is 303 g/mol. The van der Waals surface area contributed by atoms with Gasteiger partial charge in [-0.2, -0.15) is 5.26 Å². The monoisotopic (exact) mass is 320 g/mol. The van der Waals surface area contributed by atoms with E-state index in [9.17, 15) is 9.65 Å². The third-order valence-corrected chi connectivity index (χ3v) is 3.95. The Balaban J connectivity index is 2.01.